The summed E-state index contributed by atoms with van der Waals surface area (Å²) in [5.41, 5.74) is 0. The lowest BCUT2D eigenvalue weighted by molar-refractivity contribution is 0.914. The Balaban J connectivity index is 3.12. The van der Waals surface area contributed by atoms with Gasteiger partial charge in [0.2, 0.25) is 0 Å². The number of imidazole rings is 1. The van der Waals surface area contributed by atoms with Gasteiger partial charge in [-0.2, -0.15) is 0 Å². The first-order valence-electron chi connectivity index (χ1n) is 1.85. The smallest absolute Gasteiger partial charge is 0.138 e. The lowest BCUT2D eigenvalue weighted by atomic mass is 10.9. The number of halogens is 1. The molecule has 1 rings (SSSR count). The summed E-state index contributed by atoms with van der Waals surface area (Å²) in [5.74, 6) is 0. The molecule has 0 amide bonds. The molecule has 0 spiro atoms. The van der Waals surface area contributed by atoms with Crippen molar-refractivity contribution >= 4 is 11.6 Å². The Labute approximate surface area is 46.7 Å². The van der Waals surface area contributed by atoms with E-state index in [2.05, 4.69) is 11.2 Å². The second kappa shape index (κ2) is 1.54. The maximum absolute atomic E-state index is 5.47. The van der Waals surface area contributed by atoms with Gasteiger partial charge in [-0.15, -0.1) is 0 Å². The molecular weight excluding hydrogens is 112 g/mol. The molecule has 0 N–H and O–H groups in total. The molecule has 0 atom stereocenters. The average Bonchev–Trinajstić information content (AvgIpc) is 1.91. The van der Waals surface area contributed by atoms with E-state index in [-0.39, 0.29) is 0 Å². The lowest BCUT2D eigenvalue weighted by Gasteiger charge is -1.84. The van der Waals surface area contributed by atoms with Crippen LogP contribution in [0.1, 0.15) is 0 Å². The van der Waals surface area contributed by atoms with Crippen LogP contribution in [0.2, 0.25) is 5.15 Å². The van der Waals surface area contributed by atoms with E-state index in [1.165, 1.54) is 0 Å². The van der Waals surface area contributed by atoms with Crippen molar-refractivity contribution in [3.8, 4) is 0 Å². The van der Waals surface area contributed by atoms with Crippen molar-refractivity contribution in [2.45, 2.75) is 0 Å². The van der Waals surface area contributed by atoms with Crippen LogP contribution in [0.25, 0.3) is 0 Å². The third-order valence-electron chi connectivity index (χ3n) is 0.697. The van der Waals surface area contributed by atoms with Gasteiger partial charge in [-0.3, -0.25) is 0 Å². The van der Waals surface area contributed by atoms with E-state index in [0.717, 1.165) is 0 Å². The number of aryl methyl sites for hydroxylation is 1. The van der Waals surface area contributed by atoms with E-state index in [1.807, 2.05) is 7.05 Å². The van der Waals surface area contributed by atoms with E-state index < -0.39 is 0 Å². The van der Waals surface area contributed by atoms with Gasteiger partial charge in [-0.05, 0) is 0 Å². The van der Waals surface area contributed by atoms with E-state index in [1.54, 1.807) is 10.9 Å². The average molecular weight is 116 g/mol. The molecule has 1 heterocycles. The molecule has 3 heteroatoms. The Bertz CT molecular complexity index is 142. The Morgan fingerprint density at radius 1 is 2.00 bits per heavy atom. The van der Waals surface area contributed by atoms with E-state index in [0.29, 0.717) is 5.15 Å². The summed E-state index contributed by atoms with van der Waals surface area (Å²) >= 11 is 5.47. The molecule has 37 valence electrons. The van der Waals surface area contributed by atoms with Gasteiger partial charge in [0.1, 0.15) is 11.3 Å². The standard InChI is InChI=1S/C4H4ClN2/c1-7-3-6-2-4(7)5/h3H,1H3. The van der Waals surface area contributed by atoms with Crippen molar-refractivity contribution in [2.24, 2.45) is 7.05 Å². The topological polar surface area (TPSA) is 17.8 Å². The van der Waals surface area contributed by atoms with Crippen LogP contribution in [0.4, 0.5) is 0 Å². The molecule has 0 aliphatic heterocycles. The number of nitrogens with zero attached hydrogens (tertiary/aromatic N) is 2. The molecule has 0 aliphatic rings. The van der Waals surface area contributed by atoms with Crippen molar-refractivity contribution < 1.29 is 0 Å². The Kier molecular flexibility index (Phi) is 1.02. The summed E-state index contributed by atoms with van der Waals surface area (Å²) in [7, 11) is 1.81. The highest BCUT2D eigenvalue weighted by atomic mass is 35.5. The van der Waals surface area contributed by atoms with Crippen molar-refractivity contribution in [2.75, 3.05) is 0 Å². The fourth-order valence-electron chi connectivity index (χ4n) is 0.298. The Hall–Kier alpha value is -0.500. The van der Waals surface area contributed by atoms with Crippen LogP contribution < -0.4 is 0 Å². The summed E-state index contributed by atoms with van der Waals surface area (Å²) in [6, 6.07) is 0. The molecule has 0 unspecified atom stereocenters. The zero-order valence-corrected chi connectivity index (χ0v) is 4.61. The molecule has 0 saturated heterocycles. The maximum atomic E-state index is 5.47. The predicted octanol–water partition coefficient (Wildman–Crippen LogP) is 0.874. The third kappa shape index (κ3) is 0.747. The van der Waals surface area contributed by atoms with E-state index in [9.17, 15) is 0 Å². The van der Waals surface area contributed by atoms with Gasteiger partial charge < -0.3 is 4.57 Å². The first-order chi connectivity index (χ1) is 3.30. The third-order valence-corrected chi connectivity index (χ3v) is 1.05. The highest BCUT2D eigenvalue weighted by molar-refractivity contribution is 6.29. The van der Waals surface area contributed by atoms with Crippen molar-refractivity contribution in [1.82, 2.24) is 9.55 Å². The van der Waals surface area contributed by atoms with Gasteiger partial charge in [0.05, 0.1) is 6.33 Å². The first kappa shape index (κ1) is 4.65. The van der Waals surface area contributed by atoms with Crippen molar-refractivity contribution in [3.63, 3.8) is 0 Å². The zero-order valence-electron chi connectivity index (χ0n) is 3.85. The molecular formula is C4H4ClN2. The van der Waals surface area contributed by atoms with Gasteiger partial charge in [-0.25, -0.2) is 4.98 Å². The molecule has 7 heavy (non-hydrogen) atoms. The normalized spacial score (nSPS) is 9.43. The molecule has 1 aromatic rings. The fraction of sp³-hybridized carbons (Fsp3) is 0.250. The van der Waals surface area contributed by atoms with Crippen LogP contribution in [0.15, 0.2) is 6.33 Å². The van der Waals surface area contributed by atoms with Crippen LogP contribution in [0.5, 0.6) is 0 Å². The molecule has 1 radical (unpaired) electrons. The second-order valence-corrected chi connectivity index (χ2v) is 1.62. The molecule has 0 aromatic carbocycles. The monoisotopic (exact) mass is 115 g/mol. The van der Waals surface area contributed by atoms with Crippen LogP contribution in [-0.2, 0) is 7.05 Å². The first-order valence-corrected chi connectivity index (χ1v) is 2.23. The zero-order chi connectivity index (χ0) is 5.28. The predicted molar refractivity (Wildman–Crippen MR) is 27.1 cm³/mol. The summed E-state index contributed by atoms with van der Waals surface area (Å²) in [4.78, 5) is 3.63. The molecule has 0 bridgehead atoms. The number of rotatable bonds is 0. The molecule has 2 nitrogen and oxygen atoms in total. The van der Waals surface area contributed by atoms with Crippen LogP contribution in [0, 0.1) is 6.20 Å². The minimum absolute atomic E-state index is 0.542. The van der Waals surface area contributed by atoms with E-state index >= 15 is 0 Å². The molecule has 0 fully saturated rings. The number of hydrogen-bond donors (Lipinski definition) is 0. The number of hydrogen-bond acceptors (Lipinski definition) is 1. The Morgan fingerprint density at radius 2 is 2.71 bits per heavy atom. The SMILES string of the molecule is Cn1cn[c]c1Cl. The van der Waals surface area contributed by atoms with Crippen LogP contribution in [0.3, 0.4) is 0 Å². The summed E-state index contributed by atoms with van der Waals surface area (Å²) < 4.78 is 1.68. The fourth-order valence-corrected chi connectivity index (χ4v) is 0.391. The van der Waals surface area contributed by atoms with Gasteiger partial charge >= 0.3 is 0 Å². The minimum atomic E-state index is 0.542. The molecule has 0 aliphatic carbocycles. The molecule has 0 saturated carbocycles. The van der Waals surface area contributed by atoms with Gasteiger partial charge in [0.15, 0.2) is 0 Å². The van der Waals surface area contributed by atoms with Gasteiger partial charge in [0.25, 0.3) is 0 Å². The minimum Gasteiger partial charge on any atom is -0.324 e. The second-order valence-electron chi connectivity index (χ2n) is 1.26. The highest BCUT2D eigenvalue weighted by Crippen LogP contribution is 2.00. The summed E-state index contributed by atoms with van der Waals surface area (Å²) in [5, 5.41) is 0.542. The van der Waals surface area contributed by atoms with Crippen LogP contribution >= 0.6 is 11.6 Å². The summed E-state index contributed by atoms with van der Waals surface area (Å²) in [6.45, 7) is 0. The number of aromatic nitrogens is 2. The highest BCUT2D eigenvalue weighted by Gasteiger charge is 1.87. The lowest BCUT2D eigenvalue weighted by Crippen LogP contribution is -1.80. The Morgan fingerprint density at radius 3 is 2.86 bits per heavy atom. The quantitative estimate of drug-likeness (QED) is 0.491. The van der Waals surface area contributed by atoms with Crippen LogP contribution in [-0.4, -0.2) is 9.55 Å². The maximum Gasteiger partial charge on any atom is 0.138 e. The van der Waals surface area contributed by atoms with Gasteiger partial charge in [0, 0.05) is 7.05 Å². The summed E-state index contributed by atoms with van der Waals surface area (Å²) in [6.07, 6.45) is 4.15. The van der Waals surface area contributed by atoms with E-state index in [4.69, 9.17) is 11.6 Å². The van der Waals surface area contributed by atoms with Crippen molar-refractivity contribution in [1.29, 1.82) is 0 Å². The van der Waals surface area contributed by atoms with Gasteiger partial charge in [-0.1, -0.05) is 11.6 Å². The largest absolute Gasteiger partial charge is 0.324 e. The molecule has 1 aromatic heterocycles. The van der Waals surface area contributed by atoms with Crippen molar-refractivity contribution in [3.05, 3.63) is 17.7 Å².